The number of anilines is 1. The van der Waals surface area contributed by atoms with Crippen LogP contribution in [0.3, 0.4) is 0 Å². The SMILES string of the molecule is C=C(C)CN1c2ccc(C(C)C(=O)OC)cc2CCC1(C)C. The van der Waals surface area contributed by atoms with E-state index in [1.807, 2.05) is 13.0 Å². The number of rotatable bonds is 4. The minimum absolute atomic E-state index is 0.126. The van der Waals surface area contributed by atoms with E-state index in [2.05, 4.69) is 44.4 Å². The topological polar surface area (TPSA) is 29.5 Å². The number of aryl methyl sites for hydroxylation is 1. The second-order valence-corrected chi connectivity index (χ2v) is 6.99. The molecule has 0 saturated carbocycles. The fraction of sp³-hybridized carbons (Fsp3) is 0.526. The Morgan fingerprint density at radius 2 is 2.14 bits per heavy atom. The molecule has 1 aromatic carbocycles. The Hall–Kier alpha value is -1.77. The molecule has 0 aliphatic carbocycles. The number of carbonyl (C=O) groups is 1. The van der Waals surface area contributed by atoms with Crippen molar-refractivity contribution in [2.24, 2.45) is 0 Å². The van der Waals surface area contributed by atoms with Crippen LogP contribution in [0.15, 0.2) is 30.4 Å². The average Bonchev–Trinajstić information content (AvgIpc) is 2.48. The molecule has 1 atom stereocenters. The first-order chi connectivity index (χ1) is 10.3. The highest BCUT2D eigenvalue weighted by Crippen LogP contribution is 2.38. The lowest BCUT2D eigenvalue weighted by Crippen LogP contribution is -2.48. The van der Waals surface area contributed by atoms with Gasteiger partial charge in [0.15, 0.2) is 0 Å². The number of esters is 1. The fourth-order valence-corrected chi connectivity index (χ4v) is 3.12. The smallest absolute Gasteiger partial charge is 0.312 e. The van der Waals surface area contributed by atoms with Gasteiger partial charge in [-0.1, -0.05) is 24.3 Å². The summed E-state index contributed by atoms with van der Waals surface area (Å²) >= 11 is 0. The first-order valence-electron chi connectivity index (χ1n) is 7.89. The molecular formula is C19H27NO2. The molecule has 3 nitrogen and oxygen atoms in total. The van der Waals surface area contributed by atoms with Crippen molar-refractivity contribution in [1.29, 1.82) is 0 Å². The van der Waals surface area contributed by atoms with Gasteiger partial charge in [-0.3, -0.25) is 4.79 Å². The summed E-state index contributed by atoms with van der Waals surface area (Å²) in [6, 6.07) is 6.36. The second-order valence-electron chi connectivity index (χ2n) is 6.99. The zero-order chi connectivity index (χ0) is 16.5. The summed E-state index contributed by atoms with van der Waals surface area (Å²) in [7, 11) is 1.44. The highest BCUT2D eigenvalue weighted by Gasteiger charge is 2.33. The van der Waals surface area contributed by atoms with E-state index < -0.39 is 0 Å². The molecule has 120 valence electrons. The first-order valence-corrected chi connectivity index (χ1v) is 7.89. The van der Waals surface area contributed by atoms with Crippen molar-refractivity contribution in [3.8, 4) is 0 Å². The fourth-order valence-electron chi connectivity index (χ4n) is 3.12. The Kier molecular flexibility index (Phi) is 4.64. The second kappa shape index (κ2) is 6.15. The zero-order valence-electron chi connectivity index (χ0n) is 14.4. The zero-order valence-corrected chi connectivity index (χ0v) is 14.4. The molecule has 0 aromatic heterocycles. The van der Waals surface area contributed by atoms with E-state index in [9.17, 15) is 4.79 Å². The van der Waals surface area contributed by atoms with Crippen molar-refractivity contribution >= 4 is 11.7 Å². The van der Waals surface area contributed by atoms with Crippen LogP contribution in [0.2, 0.25) is 0 Å². The van der Waals surface area contributed by atoms with Crippen LogP contribution in [-0.2, 0) is 16.0 Å². The maximum atomic E-state index is 11.7. The summed E-state index contributed by atoms with van der Waals surface area (Å²) < 4.78 is 4.86. The Labute approximate surface area is 134 Å². The molecule has 3 heteroatoms. The third-order valence-electron chi connectivity index (χ3n) is 4.61. The summed E-state index contributed by atoms with van der Waals surface area (Å²) in [4.78, 5) is 14.2. The number of benzene rings is 1. The van der Waals surface area contributed by atoms with Crippen LogP contribution in [0.25, 0.3) is 0 Å². The van der Waals surface area contributed by atoms with Gasteiger partial charge in [-0.15, -0.1) is 0 Å². The van der Waals surface area contributed by atoms with E-state index in [1.54, 1.807) is 0 Å². The van der Waals surface area contributed by atoms with Crippen LogP contribution in [0.1, 0.15) is 51.2 Å². The highest BCUT2D eigenvalue weighted by molar-refractivity contribution is 5.78. The van der Waals surface area contributed by atoms with E-state index in [0.29, 0.717) is 0 Å². The molecule has 0 bridgehead atoms. The van der Waals surface area contributed by atoms with Crippen molar-refractivity contribution in [3.63, 3.8) is 0 Å². The standard InChI is InChI=1S/C19H27NO2/c1-13(2)12-20-17-8-7-15(14(3)18(21)22-6)11-16(17)9-10-19(20,4)5/h7-8,11,14H,1,9-10,12H2,2-6H3. The van der Waals surface area contributed by atoms with Crippen LogP contribution >= 0.6 is 0 Å². The molecular weight excluding hydrogens is 274 g/mol. The summed E-state index contributed by atoms with van der Waals surface area (Å²) in [5.74, 6) is -0.408. The Balaban J connectivity index is 2.38. The summed E-state index contributed by atoms with van der Waals surface area (Å²) in [6.45, 7) is 13.5. The number of hydrogen-bond acceptors (Lipinski definition) is 3. The van der Waals surface area contributed by atoms with Crippen molar-refractivity contribution < 1.29 is 9.53 Å². The molecule has 1 aliphatic heterocycles. The van der Waals surface area contributed by atoms with Gasteiger partial charge in [0.25, 0.3) is 0 Å². The van der Waals surface area contributed by atoms with Gasteiger partial charge in [0.05, 0.1) is 13.0 Å². The van der Waals surface area contributed by atoms with Crippen LogP contribution in [0.5, 0.6) is 0 Å². The van der Waals surface area contributed by atoms with Crippen LogP contribution in [0.4, 0.5) is 5.69 Å². The third-order valence-corrected chi connectivity index (χ3v) is 4.61. The van der Waals surface area contributed by atoms with Gasteiger partial charge in [-0.05, 0) is 57.7 Å². The maximum Gasteiger partial charge on any atom is 0.312 e. The number of fused-ring (bicyclic) bond motifs is 1. The lowest BCUT2D eigenvalue weighted by atomic mass is 9.85. The van der Waals surface area contributed by atoms with E-state index >= 15 is 0 Å². The lowest BCUT2D eigenvalue weighted by Gasteiger charge is -2.45. The minimum atomic E-state index is -0.222. The summed E-state index contributed by atoms with van der Waals surface area (Å²) in [5.41, 5.74) is 4.89. The van der Waals surface area contributed by atoms with Crippen molar-refractivity contribution in [2.45, 2.75) is 52.0 Å². The van der Waals surface area contributed by atoms with Crippen molar-refractivity contribution in [1.82, 2.24) is 0 Å². The summed E-state index contributed by atoms with van der Waals surface area (Å²) in [5, 5.41) is 0. The van der Waals surface area contributed by atoms with Gasteiger partial charge < -0.3 is 9.64 Å². The molecule has 1 unspecified atom stereocenters. The predicted octanol–water partition coefficient (Wildman–Crippen LogP) is 4.07. The Morgan fingerprint density at radius 1 is 1.45 bits per heavy atom. The largest absolute Gasteiger partial charge is 0.469 e. The van der Waals surface area contributed by atoms with E-state index in [-0.39, 0.29) is 17.4 Å². The quantitative estimate of drug-likeness (QED) is 0.620. The molecule has 1 heterocycles. The summed E-state index contributed by atoms with van der Waals surface area (Å²) in [6.07, 6.45) is 2.14. The number of carbonyl (C=O) groups excluding carboxylic acids is 1. The molecule has 0 spiro atoms. The Morgan fingerprint density at radius 3 is 2.73 bits per heavy atom. The molecule has 0 radical (unpaired) electrons. The van der Waals surface area contributed by atoms with Crippen LogP contribution in [0, 0.1) is 0 Å². The highest BCUT2D eigenvalue weighted by atomic mass is 16.5. The maximum absolute atomic E-state index is 11.7. The lowest BCUT2D eigenvalue weighted by molar-refractivity contribution is -0.141. The average molecular weight is 301 g/mol. The van der Waals surface area contributed by atoms with Gasteiger partial charge in [-0.25, -0.2) is 0 Å². The monoisotopic (exact) mass is 301 g/mol. The van der Waals surface area contributed by atoms with Crippen LogP contribution < -0.4 is 4.90 Å². The van der Waals surface area contributed by atoms with Crippen LogP contribution in [-0.4, -0.2) is 25.2 Å². The van der Waals surface area contributed by atoms with Crippen molar-refractivity contribution in [2.75, 3.05) is 18.6 Å². The molecule has 22 heavy (non-hydrogen) atoms. The third kappa shape index (κ3) is 3.18. The van der Waals surface area contributed by atoms with Gasteiger partial charge in [0, 0.05) is 17.8 Å². The van der Waals surface area contributed by atoms with Gasteiger partial charge >= 0.3 is 5.97 Å². The van der Waals surface area contributed by atoms with E-state index in [1.165, 1.54) is 18.4 Å². The minimum Gasteiger partial charge on any atom is -0.469 e. The Bertz CT molecular complexity index is 589. The van der Waals surface area contributed by atoms with E-state index in [0.717, 1.165) is 30.5 Å². The van der Waals surface area contributed by atoms with Gasteiger partial charge in [0.2, 0.25) is 0 Å². The molecule has 1 aliphatic rings. The van der Waals surface area contributed by atoms with Crippen molar-refractivity contribution in [3.05, 3.63) is 41.5 Å². The molecule has 1 aromatic rings. The molecule has 2 rings (SSSR count). The van der Waals surface area contributed by atoms with Gasteiger partial charge in [0.1, 0.15) is 0 Å². The first kappa shape index (κ1) is 16.6. The number of nitrogens with zero attached hydrogens (tertiary/aromatic N) is 1. The normalized spacial score (nSPS) is 17.6. The molecule has 0 fully saturated rings. The number of hydrogen-bond donors (Lipinski definition) is 0. The van der Waals surface area contributed by atoms with E-state index in [4.69, 9.17) is 4.74 Å². The predicted molar refractivity (Wildman–Crippen MR) is 91.4 cm³/mol. The number of methoxy groups -OCH3 is 1. The van der Waals surface area contributed by atoms with Gasteiger partial charge in [-0.2, -0.15) is 0 Å². The number of ether oxygens (including phenoxy) is 1. The molecule has 0 saturated heterocycles. The molecule has 0 amide bonds. The molecule has 0 N–H and O–H groups in total.